The third kappa shape index (κ3) is 3.73. The lowest BCUT2D eigenvalue weighted by molar-refractivity contribution is 0.0908. The molecule has 1 amide bonds. The van der Waals surface area contributed by atoms with Crippen LogP contribution in [0.25, 0.3) is 0 Å². The number of hydrogen-bond donors (Lipinski definition) is 2. The van der Waals surface area contributed by atoms with Crippen LogP contribution < -0.4 is 5.32 Å². The molecule has 0 aromatic heterocycles. The van der Waals surface area contributed by atoms with Crippen LogP contribution >= 0.6 is 0 Å². The van der Waals surface area contributed by atoms with E-state index in [1.807, 2.05) is 6.92 Å². The van der Waals surface area contributed by atoms with Crippen molar-refractivity contribution in [3.05, 3.63) is 29.3 Å². The first-order valence-electron chi connectivity index (χ1n) is 7.43. The fourth-order valence-electron chi connectivity index (χ4n) is 2.71. The molecule has 1 aliphatic rings. The highest BCUT2D eigenvalue weighted by Crippen LogP contribution is 2.19. The summed E-state index contributed by atoms with van der Waals surface area (Å²) in [6, 6.07) is 5.33. The van der Waals surface area contributed by atoms with Gasteiger partial charge in [-0.2, -0.15) is 0 Å². The van der Waals surface area contributed by atoms with Crippen LogP contribution in [0.5, 0.6) is 5.75 Å². The maximum absolute atomic E-state index is 12.2. The standard InChI is InChI=1S/C16H24N2O2/c1-3-8-18-9-6-13(7-10-18)17-16(20)14-11-12(2)4-5-15(14)19/h4-5,11,13,19H,3,6-10H2,1-2H3,(H,17,20). The number of carbonyl (C=O) groups is 1. The predicted octanol–water partition coefficient (Wildman–Crippen LogP) is 2.30. The number of phenols is 1. The molecule has 1 aromatic carbocycles. The lowest BCUT2D eigenvalue weighted by Gasteiger charge is -2.32. The normalized spacial score (nSPS) is 17.1. The molecule has 0 radical (unpaired) electrons. The highest BCUT2D eigenvalue weighted by molar-refractivity contribution is 5.97. The van der Waals surface area contributed by atoms with Crippen molar-refractivity contribution < 1.29 is 9.90 Å². The van der Waals surface area contributed by atoms with Gasteiger partial charge in [0, 0.05) is 19.1 Å². The molecule has 4 nitrogen and oxygen atoms in total. The van der Waals surface area contributed by atoms with Crippen molar-refractivity contribution in [2.45, 2.75) is 39.2 Å². The van der Waals surface area contributed by atoms with Gasteiger partial charge in [-0.1, -0.05) is 18.6 Å². The number of rotatable bonds is 4. The van der Waals surface area contributed by atoms with Gasteiger partial charge in [-0.25, -0.2) is 0 Å². The molecule has 1 aromatic rings. The molecule has 110 valence electrons. The zero-order valence-corrected chi connectivity index (χ0v) is 12.4. The number of nitrogens with one attached hydrogen (secondary N) is 1. The van der Waals surface area contributed by atoms with Crippen LogP contribution in [0.1, 0.15) is 42.1 Å². The largest absolute Gasteiger partial charge is 0.507 e. The predicted molar refractivity (Wildman–Crippen MR) is 80.1 cm³/mol. The minimum Gasteiger partial charge on any atom is -0.507 e. The molecule has 4 heteroatoms. The van der Waals surface area contributed by atoms with Crippen molar-refractivity contribution in [1.29, 1.82) is 0 Å². The van der Waals surface area contributed by atoms with Crippen molar-refractivity contribution in [2.24, 2.45) is 0 Å². The Morgan fingerprint density at radius 3 is 2.75 bits per heavy atom. The van der Waals surface area contributed by atoms with Gasteiger partial charge >= 0.3 is 0 Å². The summed E-state index contributed by atoms with van der Waals surface area (Å²) in [5.74, 6) is -0.114. The number of nitrogens with zero attached hydrogens (tertiary/aromatic N) is 1. The van der Waals surface area contributed by atoms with E-state index in [1.54, 1.807) is 18.2 Å². The van der Waals surface area contributed by atoms with Crippen LogP contribution in [0.4, 0.5) is 0 Å². The average molecular weight is 276 g/mol. The Kier molecular flexibility index (Phi) is 5.01. The van der Waals surface area contributed by atoms with Crippen LogP contribution in [0, 0.1) is 6.92 Å². The topological polar surface area (TPSA) is 52.6 Å². The number of benzene rings is 1. The number of phenolic OH excluding ortho intramolecular Hbond substituents is 1. The monoisotopic (exact) mass is 276 g/mol. The minimum absolute atomic E-state index is 0.0523. The molecular weight excluding hydrogens is 252 g/mol. The highest BCUT2D eigenvalue weighted by atomic mass is 16.3. The Bertz CT molecular complexity index is 466. The first-order valence-corrected chi connectivity index (χ1v) is 7.43. The van der Waals surface area contributed by atoms with Gasteiger partial charge in [0.05, 0.1) is 5.56 Å². The van der Waals surface area contributed by atoms with E-state index >= 15 is 0 Å². The zero-order chi connectivity index (χ0) is 14.5. The molecule has 1 saturated heterocycles. The molecular formula is C16H24N2O2. The van der Waals surface area contributed by atoms with Crippen molar-refractivity contribution >= 4 is 5.91 Å². The lowest BCUT2D eigenvalue weighted by Crippen LogP contribution is -2.44. The molecule has 0 aliphatic carbocycles. The number of carbonyl (C=O) groups excluding carboxylic acids is 1. The zero-order valence-electron chi connectivity index (χ0n) is 12.4. The SMILES string of the molecule is CCCN1CCC(NC(=O)c2cc(C)ccc2O)CC1. The summed E-state index contributed by atoms with van der Waals surface area (Å²) >= 11 is 0. The van der Waals surface area contributed by atoms with Gasteiger partial charge in [-0.3, -0.25) is 4.79 Å². The molecule has 2 rings (SSSR count). The Balaban J connectivity index is 1.91. The van der Waals surface area contributed by atoms with Gasteiger partial charge in [0.15, 0.2) is 0 Å². The molecule has 20 heavy (non-hydrogen) atoms. The van der Waals surface area contributed by atoms with Crippen LogP contribution in [0.15, 0.2) is 18.2 Å². The van der Waals surface area contributed by atoms with Crippen molar-refractivity contribution in [3.8, 4) is 5.75 Å². The average Bonchev–Trinajstić information content (AvgIpc) is 2.44. The van der Waals surface area contributed by atoms with E-state index in [4.69, 9.17) is 0 Å². The van der Waals surface area contributed by atoms with Crippen LogP contribution in [-0.2, 0) is 0 Å². The van der Waals surface area contributed by atoms with Crippen molar-refractivity contribution in [1.82, 2.24) is 10.2 Å². The van der Waals surface area contributed by atoms with Gasteiger partial charge < -0.3 is 15.3 Å². The van der Waals surface area contributed by atoms with E-state index in [1.165, 1.54) is 6.42 Å². The number of aromatic hydroxyl groups is 1. The Hall–Kier alpha value is -1.55. The summed E-state index contributed by atoms with van der Waals surface area (Å²) in [6.07, 6.45) is 3.14. The van der Waals surface area contributed by atoms with Crippen molar-refractivity contribution in [3.63, 3.8) is 0 Å². The van der Waals surface area contributed by atoms with E-state index in [0.717, 1.165) is 38.0 Å². The van der Waals surface area contributed by atoms with Gasteiger partial charge in [0.25, 0.3) is 5.91 Å². The number of amides is 1. The molecule has 2 N–H and O–H groups in total. The lowest BCUT2D eigenvalue weighted by atomic mass is 10.0. The summed E-state index contributed by atoms with van der Waals surface area (Å²) in [4.78, 5) is 14.6. The van der Waals surface area contributed by atoms with Crippen LogP contribution in [-0.4, -0.2) is 41.6 Å². The van der Waals surface area contributed by atoms with Crippen LogP contribution in [0.2, 0.25) is 0 Å². The highest BCUT2D eigenvalue weighted by Gasteiger charge is 2.21. The fourth-order valence-corrected chi connectivity index (χ4v) is 2.71. The summed E-state index contributed by atoms with van der Waals surface area (Å²) in [5.41, 5.74) is 1.35. The van der Waals surface area contributed by atoms with Crippen LogP contribution in [0.3, 0.4) is 0 Å². The first-order chi connectivity index (χ1) is 9.60. The molecule has 1 fully saturated rings. The second-order valence-electron chi connectivity index (χ2n) is 5.61. The smallest absolute Gasteiger partial charge is 0.255 e. The van der Waals surface area contributed by atoms with E-state index in [-0.39, 0.29) is 17.7 Å². The maximum Gasteiger partial charge on any atom is 0.255 e. The Morgan fingerprint density at radius 1 is 1.40 bits per heavy atom. The second kappa shape index (κ2) is 6.75. The molecule has 0 unspecified atom stereocenters. The first kappa shape index (κ1) is 14.9. The molecule has 0 saturated carbocycles. The van der Waals surface area contributed by atoms with Gasteiger partial charge in [0.2, 0.25) is 0 Å². The number of piperidine rings is 1. The van der Waals surface area contributed by atoms with Gasteiger partial charge in [-0.05, 0) is 44.9 Å². The summed E-state index contributed by atoms with van der Waals surface area (Å²) < 4.78 is 0. The van der Waals surface area contributed by atoms with E-state index < -0.39 is 0 Å². The Labute approximate surface area is 120 Å². The Morgan fingerprint density at radius 2 is 2.10 bits per heavy atom. The third-order valence-corrected chi connectivity index (χ3v) is 3.86. The quantitative estimate of drug-likeness (QED) is 0.887. The second-order valence-corrected chi connectivity index (χ2v) is 5.61. The van der Waals surface area contributed by atoms with Gasteiger partial charge in [-0.15, -0.1) is 0 Å². The number of likely N-dealkylation sites (tertiary alicyclic amines) is 1. The number of aryl methyl sites for hydroxylation is 1. The third-order valence-electron chi connectivity index (χ3n) is 3.86. The van der Waals surface area contributed by atoms with Gasteiger partial charge in [0.1, 0.15) is 5.75 Å². The molecule has 1 aliphatic heterocycles. The minimum atomic E-state index is -0.167. The molecule has 1 heterocycles. The summed E-state index contributed by atoms with van der Waals surface area (Å²) in [7, 11) is 0. The fraction of sp³-hybridized carbons (Fsp3) is 0.562. The van der Waals surface area contributed by atoms with E-state index in [9.17, 15) is 9.90 Å². The molecule has 0 atom stereocenters. The van der Waals surface area contributed by atoms with Crippen molar-refractivity contribution in [2.75, 3.05) is 19.6 Å². The summed E-state index contributed by atoms with van der Waals surface area (Å²) in [6.45, 7) is 7.32. The maximum atomic E-state index is 12.2. The van der Waals surface area contributed by atoms with E-state index in [0.29, 0.717) is 5.56 Å². The molecule has 0 bridgehead atoms. The number of hydrogen-bond acceptors (Lipinski definition) is 3. The van der Waals surface area contributed by atoms with E-state index in [2.05, 4.69) is 17.1 Å². The summed E-state index contributed by atoms with van der Waals surface area (Å²) in [5, 5.41) is 12.8. The molecule has 0 spiro atoms.